The molecule has 0 aromatic rings. The molecule has 0 aromatic carbocycles. The van der Waals surface area contributed by atoms with Gasteiger partial charge in [-0.3, -0.25) is 9.59 Å². The minimum Gasteiger partial charge on any atom is -0.465 e. The average Bonchev–Trinajstić information content (AvgIpc) is 2.56. The number of esters is 2. The van der Waals surface area contributed by atoms with Gasteiger partial charge in [0.2, 0.25) is 0 Å². The molecule has 102 valence electrons. The first kappa shape index (κ1) is 13.7. The quantitative estimate of drug-likeness (QED) is 0.584. The maximum atomic E-state index is 11.8. The van der Waals surface area contributed by atoms with Crippen LogP contribution in [0.3, 0.4) is 0 Å². The van der Waals surface area contributed by atoms with Crippen molar-refractivity contribution in [2.45, 2.75) is 38.7 Å². The Morgan fingerprint density at radius 1 is 1.50 bits per heavy atom. The molecule has 1 aliphatic heterocycles. The van der Waals surface area contributed by atoms with Gasteiger partial charge in [0.25, 0.3) is 0 Å². The van der Waals surface area contributed by atoms with Crippen molar-refractivity contribution in [1.29, 1.82) is 0 Å². The topological polar surface area (TPSA) is 52.6 Å². The zero-order valence-electron chi connectivity index (χ0n) is 10.8. The van der Waals surface area contributed by atoms with Gasteiger partial charge in [-0.05, 0) is 39.0 Å². The number of ether oxygens (including phenoxy) is 2. The van der Waals surface area contributed by atoms with Gasteiger partial charge in [-0.2, -0.15) is 0 Å². The number of hydrogen-bond donors (Lipinski definition) is 0. The first-order chi connectivity index (χ1) is 8.44. The molecule has 2 aliphatic rings. The maximum absolute atomic E-state index is 11.8. The molecule has 2 fully saturated rings. The van der Waals surface area contributed by atoms with E-state index >= 15 is 0 Å². The zero-order chi connectivity index (χ0) is 13.3. The normalized spacial score (nSPS) is 33.7. The van der Waals surface area contributed by atoms with Gasteiger partial charge < -0.3 is 9.47 Å². The van der Waals surface area contributed by atoms with Crippen LogP contribution in [-0.4, -0.2) is 30.0 Å². The van der Waals surface area contributed by atoms with Gasteiger partial charge >= 0.3 is 11.9 Å². The molecule has 1 aliphatic carbocycles. The Labute approximate surface area is 112 Å². The highest BCUT2D eigenvalue weighted by Gasteiger charge is 2.52. The van der Waals surface area contributed by atoms with Gasteiger partial charge in [0.05, 0.1) is 12.5 Å². The second-order valence-corrected chi connectivity index (χ2v) is 6.00. The summed E-state index contributed by atoms with van der Waals surface area (Å²) in [5, 5.41) is 0. The zero-order valence-corrected chi connectivity index (χ0v) is 11.5. The molecular formula is C13H19ClO4. The van der Waals surface area contributed by atoms with E-state index in [0.29, 0.717) is 12.5 Å². The lowest BCUT2D eigenvalue weighted by Gasteiger charge is -2.33. The molecule has 1 heterocycles. The molecule has 1 saturated heterocycles. The van der Waals surface area contributed by atoms with Crippen molar-refractivity contribution >= 4 is 23.5 Å². The minimum atomic E-state index is -0.395. The molecule has 18 heavy (non-hydrogen) atoms. The van der Waals surface area contributed by atoms with Crippen LogP contribution in [-0.2, 0) is 19.1 Å². The average molecular weight is 275 g/mol. The van der Waals surface area contributed by atoms with Crippen LogP contribution in [0.1, 0.15) is 33.1 Å². The van der Waals surface area contributed by atoms with Crippen LogP contribution in [0.5, 0.6) is 0 Å². The molecule has 5 heteroatoms. The van der Waals surface area contributed by atoms with Crippen molar-refractivity contribution in [3.63, 3.8) is 0 Å². The molecule has 4 nitrogen and oxygen atoms in total. The van der Waals surface area contributed by atoms with E-state index in [1.54, 1.807) is 0 Å². The Bertz CT molecular complexity index is 353. The van der Waals surface area contributed by atoms with Crippen molar-refractivity contribution in [1.82, 2.24) is 0 Å². The van der Waals surface area contributed by atoms with Crippen LogP contribution < -0.4 is 0 Å². The molecule has 0 radical (unpaired) electrons. The fraction of sp³-hybridized carbons (Fsp3) is 0.846. The lowest BCUT2D eigenvalue weighted by atomic mass is 9.70. The molecule has 3 unspecified atom stereocenters. The van der Waals surface area contributed by atoms with E-state index in [1.807, 2.05) is 13.8 Å². The summed E-state index contributed by atoms with van der Waals surface area (Å²) >= 11 is 5.37. The fourth-order valence-electron chi connectivity index (χ4n) is 3.16. The van der Waals surface area contributed by atoms with E-state index < -0.39 is 5.97 Å². The summed E-state index contributed by atoms with van der Waals surface area (Å²) in [6.45, 7) is 4.31. The molecule has 2 rings (SSSR count). The molecule has 1 saturated carbocycles. The van der Waals surface area contributed by atoms with Crippen molar-refractivity contribution < 1.29 is 19.1 Å². The Morgan fingerprint density at radius 3 is 2.89 bits per heavy atom. The Balaban J connectivity index is 1.91. The van der Waals surface area contributed by atoms with Gasteiger partial charge in [-0.1, -0.05) is 0 Å². The van der Waals surface area contributed by atoms with Crippen LogP contribution in [0.15, 0.2) is 0 Å². The van der Waals surface area contributed by atoms with E-state index in [9.17, 15) is 9.59 Å². The van der Waals surface area contributed by atoms with Gasteiger partial charge in [0, 0.05) is 5.92 Å². The van der Waals surface area contributed by atoms with Gasteiger partial charge in [0.1, 0.15) is 11.5 Å². The molecule has 0 spiro atoms. The van der Waals surface area contributed by atoms with Crippen molar-refractivity contribution in [3.8, 4) is 0 Å². The first-order valence-electron chi connectivity index (χ1n) is 6.38. The number of cyclic esters (lactones) is 1. The number of halogens is 1. The van der Waals surface area contributed by atoms with Gasteiger partial charge in [-0.15, -0.1) is 11.6 Å². The first-order valence-corrected chi connectivity index (χ1v) is 6.92. The standard InChI is InChI=1S/C13H19ClO4/c1-13(2)10-4-3-8(7-17-11(15)6-14)5-9(10)12(16)18-13/h8-10H,3-7H2,1-2H3. The lowest BCUT2D eigenvalue weighted by Crippen LogP contribution is -2.35. The third-order valence-electron chi connectivity index (χ3n) is 4.11. The van der Waals surface area contributed by atoms with Crippen LogP contribution in [0.25, 0.3) is 0 Å². The fourth-order valence-corrected chi connectivity index (χ4v) is 3.24. The highest BCUT2D eigenvalue weighted by atomic mass is 35.5. The van der Waals surface area contributed by atoms with Crippen molar-refractivity contribution in [2.75, 3.05) is 12.5 Å². The largest absolute Gasteiger partial charge is 0.465 e. The predicted molar refractivity (Wildman–Crippen MR) is 66.2 cm³/mol. The van der Waals surface area contributed by atoms with Gasteiger partial charge in [-0.25, -0.2) is 0 Å². The Morgan fingerprint density at radius 2 is 2.22 bits per heavy atom. The van der Waals surface area contributed by atoms with Crippen LogP contribution in [0.4, 0.5) is 0 Å². The number of carbonyl (C=O) groups is 2. The summed E-state index contributed by atoms with van der Waals surface area (Å²) in [6.07, 6.45) is 2.67. The summed E-state index contributed by atoms with van der Waals surface area (Å²) in [6, 6.07) is 0. The van der Waals surface area contributed by atoms with E-state index in [2.05, 4.69) is 0 Å². The van der Waals surface area contributed by atoms with Crippen LogP contribution >= 0.6 is 11.6 Å². The van der Waals surface area contributed by atoms with Crippen LogP contribution in [0.2, 0.25) is 0 Å². The minimum absolute atomic E-state index is 0.0338. The summed E-state index contributed by atoms with van der Waals surface area (Å²) in [7, 11) is 0. The Kier molecular flexibility index (Phi) is 3.85. The number of rotatable bonds is 3. The highest BCUT2D eigenvalue weighted by Crippen LogP contribution is 2.47. The molecule has 0 N–H and O–H groups in total. The van der Waals surface area contributed by atoms with E-state index in [-0.39, 0.29) is 29.3 Å². The molecule has 0 amide bonds. The third-order valence-corrected chi connectivity index (χ3v) is 4.33. The summed E-state index contributed by atoms with van der Waals surface area (Å²) in [5.74, 6) is -0.0989. The second-order valence-electron chi connectivity index (χ2n) is 5.73. The number of alkyl halides is 1. The van der Waals surface area contributed by atoms with Crippen LogP contribution in [0, 0.1) is 17.8 Å². The number of hydrogen-bond acceptors (Lipinski definition) is 4. The summed E-state index contributed by atoms with van der Waals surface area (Å²) < 4.78 is 10.5. The van der Waals surface area contributed by atoms with E-state index in [0.717, 1.165) is 19.3 Å². The number of fused-ring (bicyclic) bond motifs is 1. The summed E-state index contributed by atoms with van der Waals surface area (Å²) in [5.41, 5.74) is -0.348. The number of carbonyl (C=O) groups excluding carboxylic acids is 2. The molecule has 0 bridgehead atoms. The molecule has 3 atom stereocenters. The monoisotopic (exact) mass is 274 g/mol. The Hall–Kier alpha value is -0.770. The highest BCUT2D eigenvalue weighted by molar-refractivity contribution is 6.26. The molecular weight excluding hydrogens is 256 g/mol. The van der Waals surface area contributed by atoms with Crippen molar-refractivity contribution in [3.05, 3.63) is 0 Å². The SMILES string of the molecule is CC1(C)OC(=O)C2CC(COC(=O)CCl)CCC21. The van der Waals surface area contributed by atoms with Crippen molar-refractivity contribution in [2.24, 2.45) is 17.8 Å². The maximum Gasteiger partial charge on any atom is 0.320 e. The predicted octanol–water partition coefficient (Wildman–Crippen LogP) is 2.14. The smallest absolute Gasteiger partial charge is 0.320 e. The van der Waals surface area contributed by atoms with E-state index in [1.165, 1.54) is 0 Å². The van der Waals surface area contributed by atoms with E-state index in [4.69, 9.17) is 21.1 Å². The molecule has 0 aromatic heterocycles. The third kappa shape index (κ3) is 2.63. The second kappa shape index (κ2) is 5.08. The summed E-state index contributed by atoms with van der Waals surface area (Å²) in [4.78, 5) is 22.8. The van der Waals surface area contributed by atoms with Gasteiger partial charge in [0.15, 0.2) is 0 Å². The lowest BCUT2D eigenvalue weighted by molar-refractivity contribution is -0.148.